The fraction of sp³-hybridized carbons (Fsp3) is 0.429. The summed E-state index contributed by atoms with van der Waals surface area (Å²) in [6.07, 6.45) is -1.07. The third-order valence-corrected chi connectivity index (χ3v) is 3.57. The van der Waals surface area contributed by atoms with Gasteiger partial charge in [-0.05, 0) is 32.4 Å². The van der Waals surface area contributed by atoms with Crippen molar-refractivity contribution in [1.82, 2.24) is 4.72 Å². The molecule has 0 spiro atoms. The van der Waals surface area contributed by atoms with Crippen LogP contribution in [0.1, 0.15) is 36.7 Å². The molecule has 0 aromatic heterocycles. The van der Waals surface area contributed by atoms with Crippen LogP contribution >= 0.6 is 0 Å². The lowest BCUT2D eigenvalue weighted by Crippen LogP contribution is -2.37. The van der Waals surface area contributed by atoms with Crippen LogP contribution in [0.4, 0.5) is 4.79 Å². The van der Waals surface area contributed by atoms with E-state index in [-0.39, 0.29) is 11.1 Å². The molecule has 1 amide bonds. The molecule has 7 nitrogen and oxygen atoms in total. The molecule has 0 aliphatic rings. The van der Waals surface area contributed by atoms with Crippen LogP contribution in [-0.2, 0) is 25.2 Å². The van der Waals surface area contributed by atoms with Crippen molar-refractivity contribution in [2.24, 2.45) is 0 Å². The molecule has 0 unspecified atom stereocenters. The number of nitrogens with one attached hydrogen (secondary N) is 1. The predicted octanol–water partition coefficient (Wildman–Crippen LogP) is 1.83. The lowest BCUT2D eigenvalue weighted by Gasteiger charge is -2.19. The van der Waals surface area contributed by atoms with Gasteiger partial charge in [0.1, 0.15) is 5.60 Å². The molecule has 22 heavy (non-hydrogen) atoms. The minimum atomic E-state index is -4.00. The van der Waals surface area contributed by atoms with E-state index in [1.54, 1.807) is 37.6 Å². The van der Waals surface area contributed by atoms with Gasteiger partial charge in [0.15, 0.2) is 0 Å². The van der Waals surface area contributed by atoms with Gasteiger partial charge < -0.3 is 9.47 Å². The molecule has 1 rings (SSSR count). The number of hydrogen-bond donors (Lipinski definition) is 1. The number of carbonyl (C=O) groups is 2. The maximum atomic E-state index is 12.0. The average Bonchev–Trinajstić information content (AvgIpc) is 2.34. The Balaban J connectivity index is 2.90. The summed E-state index contributed by atoms with van der Waals surface area (Å²) < 4.78 is 35.3. The van der Waals surface area contributed by atoms with Gasteiger partial charge in [0.05, 0.1) is 18.4 Å². The molecule has 0 saturated carbocycles. The Morgan fingerprint density at radius 2 is 1.77 bits per heavy atom. The number of rotatable bonds is 4. The smallest absolute Gasteiger partial charge is 0.421 e. The Morgan fingerprint density at radius 1 is 1.18 bits per heavy atom. The van der Waals surface area contributed by atoms with Gasteiger partial charge in [-0.15, -0.1) is 0 Å². The zero-order valence-electron chi connectivity index (χ0n) is 12.9. The highest BCUT2D eigenvalue weighted by atomic mass is 32.2. The van der Waals surface area contributed by atoms with Gasteiger partial charge in [0.2, 0.25) is 10.0 Å². The summed E-state index contributed by atoms with van der Waals surface area (Å²) in [6.45, 7) is 4.85. The number of hydrogen-bond acceptors (Lipinski definition) is 6. The lowest BCUT2D eigenvalue weighted by molar-refractivity contribution is 0.0567. The zero-order chi connectivity index (χ0) is 17.0. The first-order chi connectivity index (χ1) is 10.0. The fourth-order valence-electron chi connectivity index (χ4n) is 1.62. The van der Waals surface area contributed by atoms with Gasteiger partial charge in [0, 0.05) is 0 Å². The minimum Gasteiger partial charge on any atom is -0.465 e. The summed E-state index contributed by atoms with van der Waals surface area (Å²) in [4.78, 5) is 23.1. The standard InChI is InChI=1S/C14H19NO6S/c1-14(2,3)21-13(17)15-22(18,19)9-10-7-5-6-8-11(10)12(16)20-4/h5-8H,9H2,1-4H3,(H,15,17). The van der Waals surface area contributed by atoms with Gasteiger partial charge in [-0.1, -0.05) is 18.2 Å². The van der Waals surface area contributed by atoms with E-state index >= 15 is 0 Å². The summed E-state index contributed by atoms with van der Waals surface area (Å²) in [5, 5.41) is 0. The van der Waals surface area contributed by atoms with Crippen molar-refractivity contribution in [3.05, 3.63) is 35.4 Å². The number of ether oxygens (including phenoxy) is 2. The normalized spacial score (nSPS) is 11.6. The molecule has 0 fully saturated rings. The first kappa shape index (κ1) is 18.0. The summed E-state index contributed by atoms with van der Waals surface area (Å²) in [5.41, 5.74) is -0.464. The van der Waals surface area contributed by atoms with E-state index in [1.165, 1.54) is 19.2 Å². The van der Waals surface area contributed by atoms with E-state index in [0.717, 1.165) is 0 Å². The monoisotopic (exact) mass is 329 g/mol. The number of methoxy groups -OCH3 is 1. The van der Waals surface area contributed by atoms with Crippen LogP contribution in [-0.4, -0.2) is 33.2 Å². The van der Waals surface area contributed by atoms with Crippen LogP contribution < -0.4 is 4.72 Å². The maximum absolute atomic E-state index is 12.0. The topological polar surface area (TPSA) is 98.8 Å². The van der Waals surface area contributed by atoms with Crippen molar-refractivity contribution in [1.29, 1.82) is 0 Å². The second-order valence-electron chi connectivity index (χ2n) is 5.51. The van der Waals surface area contributed by atoms with Gasteiger partial charge in [-0.25, -0.2) is 22.7 Å². The molecular formula is C14H19NO6S. The van der Waals surface area contributed by atoms with E-state index in [4.69, 9.17) is 4.74 Å². The fourth-order valence-corrected chi connectivity index (χ4v) is 2.65. The largest absolute Gasteiger partial charge is 0.465 e. The van der Waals surface area contributed by atoms with E-state index in [0.29, 0.717) is 0 Å². The van der Waals surface area contributed by atoms with Crippen LogP contribution in [0.2, 0.25) is 0 Å². The number of benzene rings is 1. The molecule has 0 aliphatic heterocycles. The van der Waals surface area contributed by atoms with E-state index in [9.17, 15) is 18.0 Å². The molecule has 0 aliphatic carbocycles. The first-order valence-electron chi connectivity index (χ1n) is 6.44. The summed E-state index contributed by atoms with van der Waals surface area (Å²) in [6, 6.07) is 6.10. The van der Waals surface area contributed by atoms with Crippen molar-refractivity contribution in [3.8, 4) is 0 Å². The van der Waals surface area contributed by atoms with Crippen molar-refractivity contribution >= 4 is 22.1 Å². The molecule has 1 N–H and O–H groups in total. The Hall–Kier alpha value is -2.09. The summed E-state index contributed by atoms with van der Waals surface area (Å²) >= 11 is 0. The summed E-state index contributed by atoms with van der Waals surface area (Å²) in [7, 11) is -2.80. The Labute approximate surface area is 129 Å². The van der Waals surface area contributed by atoms with E-state index < -0.39 is 33.4 Å². The van der Waals surface area contributed by atoms with Gasteiger partial charge in [-0.3, -0.25) is 0 Å². The van der Waals surface area contributed by atoms with E-state index in [2.05, 4.69) is 4.74 Å². The minimum absolute atomic E-state index is 0.125. The number of carbonyl (C=O) groups excluding carboxylic acids is 2. The van der Waals surface area contributed by atoms with Gasteiger partial charge in [0.25, 0.3) is 0 Å². The van der Waals surface area contributed by atoms with Gasteiger partial charge in [-0.2, -0.15) is 0 Å². The first-order valence-corrected chi connectivity index (χ1v) is 8.09. The van der Waals surface area contributed by atoms with Crippen LogP contribution in [0.15, 0.2) is 24.3 Å². The highest BCUT2D eigenvalue weighted by molar-refractivity contribution is 7.89. The van der Waals surface area contributed by atoms with Crippen LogP contribution in [0.5, 0.6) is 0 Å². The highest BCUT2D eigenvalue weighted by Gasteiger charge is 2.23. The SMILES string of the molecule is COC(=O)c1ccccc1CS(=O)(=O)NC(=O)OC(C)(C)C. The number of sulfonamides is 1. The van der Waals surface area contributed by atoms with Crippen LogP contribution in [0, 0.1) is 0 Å². The molecular weight excluding hydrogens is 310 g/mol. The third kappa shape index (κ3) is 5.72. The average molecular weight is 329 g/mol. The molecule has 0 saturated heterocycles. The molecule has 1 aromatic rings. The Bertz CT molecular complexity index is 660. The molecule has 122 valence electrons. The zero-order valence-corrected chi connectivity index (χ0v) is 13.7. The second-order valence-corrected chi connectivity index (χ2v) is 7.23. The summed E-state index contributed by atoms with van der Waals surface area (Å²) in [5.74, 6) is -1.19. The Kier molecular flexibility index (Phi) is 5.54. The number of amides is 1. The molecule has 1 aromatic carbocycles. The maximum Gasteiger partial charge on any atom is 0.421 e. The van der Waals surface area contributed by atoms with E-state index in [1.807, 2.05) is 0 Å². The lowest BCUT2D eigenvalue weighted by atomic mass is 10.1. The van der Waals surface area contributed by atoms with Crippen molar-refractivity contribution in [2.75, 3.05) is 7.11 Å². The highest BCUT2D eigenvalue weighted by Crippen LogP contribution is 2.14. The molecule has 0 atom stereocenters. The second kappa shape index (κ2) is 6.78. The molecule has 0 bridgehead atoms. The third-order valence-electron chi connectivity index (χ3n) is 2.41. The van der Waals surface area contributed by atoms with Crippen molar-refractivity contribution < 1.29 is 27.5 Å². The quantitative estimate of drug-likeness (QED) is 0.846. The molecule has 0 heterocycles. The van der Waals surface area contributed by atoms with Crippen molar-refractivity contribution in [3.63, 3.8) is 0 Å². The van der Waals surface area contributed by atoms with Gasteiger partial charge >= 0.3 is 12.1 Å². The molecule has 8 heteroatoms. The Morgan fingerprint density at radius 3 is 2.32 bits per heavy atom. The van der Waals surface area contributed by atoms with Crippen LogP contribution in [0.3, 0.4) is 0 Å². The van der Waals surface area contributed by atoms with Crippen molar-refractivity contribution in [2.45, 2.75) is 32.1 Å². The number of esters is 1. The predicted molar refractivity (Wildman–Crippen MR) is 79.8 cm³/mol. The van der Waals surface area contributed by atoms with Crippen LogP contribution in [0.25, 0.3) is 0 Å². The molecule has 0 radical (unpaired) electrons.